The lowest BCUT2D eigenvalue weighted by Crippen LogP contribution is -2.29. The van der Waals surface area contributed by atoms with Crippen LogP contribution < -0.4 is 4.74 Å². The van der Waals surface area contributed by atoms with Crippen molar-refractivity contribution in [1.29, 1.82) is 0 Å². The first-order valence-corrected chi connectivity index (χ1v) is 8.51. The van der Waals surface area contributed by atoms with E-state index in [1.807, 2.05) is 32.0 Å². The molecule has 1 atom stereocenters. The van der Waals surface area contributed by atoms with Crippen LogP contribution in [0.4, 0.5) is 0 Å². The second-order valence-electron chi connectivity index (χ2n) is 6.55. The first-order valence-electron chi connectivity index (χ1n) is 8.51. The third kappa shape index (κ3) is 4.02. The van der Waals surface area contributed by atoms with E-state index >= 15 is 0 Å². The predicted molar refractivity (Wildman–Crippen MR) is 92.6 cm³/mol. The summed E-state index contributed by atoms with van der Waals surface area (Å²) in [6.45, 7) is 6.36. The van der Waals surface area contributed by atoms with Crippen LogP contribution in [0.3, 0.4) is 0 Å². The van der Waals surface area contributed by atoms with Crippen molar-refractivity contribution < 1.29 is 18.8 Å². The standard InChI is InChI=1S/C19H24N2O4/c1-13-5-4-6-14(2)18(13)24-12-16-9-17(20-25-16)19(22)21-8-7-15(10-21)11-23-3/h4-6,9,15H,7-8,10-12H2,1-3H3/t15-/m0/s1. The predicted octanol–water partition coefficient (Wildman–Crippen LogP) is 2.98. The lowest BCUT2D eigenvalue weighted by atomic mass is 10.1. The molecule has 1 aromatic carbocycles. The summed E-state index contributed by atoms with van der Waals surface area (Å²) in [4.78, 5) is 14.3. The zero-order valence-electron chi connectivity index (χ0n) is 14.9. The number of hydrogen-bond donors (Lipinski definition) is 0. The number of rotatable bonds is 6. The summed E-state index contributed by atoms with van der Waals surface area (Å²) in [5, 5.41) is 3.91. The van der Waals surface area contributed by atoms with E-state index in [1.165, 1.54) is 0 Å². The van der Waals surface area contributed by atoms with Crippen molar-refractivity contribution in [3.8, 4) is 5.75 Å². The van der Waals surface area contributed by atoms with Gasteiger partial charge in [0.1, 0.15) is 12.4 Å². The molecule has 0 radical (unpaired) electrons. The normalized spacial score (nSPS) is 17.1. The highest BCUT2D eigenvalue weighted by Gasteiger charge is 2.28. The maximum absolute atomic E-state index is 12.5. The van der Waals surface area contributed by atoms with Gasteiger partial charge in [-0.3, -0.25) is 4.79 Å². The van der Waals surface area contributed by atoms with Gasteiger partial charge < -0.3 is 18.9 Å². The number of likely N-dealkylation sites (tertiary alicyclic amines) is 1. The van der Waals surface area contributed by atoms with Crippen molar-refractivity contribution >= 4 is 5.91 Å². The van der Waals surface area contributed by atoms with Gasteiger partial charge in [-0.05, 0) is 31.4 Å². The molecule has 134 valence electrons. The number of methoxy groups -OCH3 is 1. The minimum atomic E-state index is -0.0966. The van der Waals surface area contributed by atoms with Crippen LogP contribution in [0.5, 0.6) is 5.75 Å². The Hall–Kier alpha value is -2.34. The molecule has 1 saturated heterocycles. The van der Waals surface area contributed by atoms with E-state index < -0.39 is 0 Å². The minimum absolute atomic E-state index is 0.0966. The number of amides is 1. The Morgan fingerprint density at radius 2 is 2.12 bits per heavy atom. The molecule has 0 N–H and O–H groups in total. The molecule has 0 bridgehead atoms. The van der Waals surface area contributed by atoms with Crippen LogP contribution in [-0.2, 0) is 11.3 Å². The van der Waals surface area contributed by atoms with Gasteiger partial charge >= 0.3 is 0 Å². The van der Waals surface area contributed by atoms with Crippen LogP contribution in [0.25, 0.3) is 0 Å². The Morgan fingerprint density at radius 3 is 2.84 bits per heavy atom. The van der Waals surface area contributed by atoms with Gasteiger partial charge in [0.25, 0.3) is 5.91 Å². The van der Waals surface area contributed by atoms with E-state index in [0.717, 1.165) is 29.8 Å². The molecule has 0 spiro atoms. The molecule has 0 aliphatic carbocycles. The van der Waals surface area contributed by atoms with Gasteiger partial charge in [-0.25, -0.2) is 0 Å². The third-order valence-corrected chi connectivity index (χ3v) is 4.52. The van der Waals surface area contributed by atoms with Crippen LogP contribution in [0.1, 0.15) is 33.8 Å². The highest BCUT2D eigenvalue weighted by atomic mass is 16.5. The molecule has 0 saturated carbocycles. The first kappa shape index (κ1) is 17.5. The summed E-state index contributed by atoms with van der Waals surface area (Å²) >= 11 is 0. The van der Waals surface area contributed by atoms with Crippen molar-refractivity contribution in [3.63, 3.8) is 0 Å². The molecule has 1 amide bonds. The molecule has 3 rings (SSSR count). The molecule has 2 heterocycles. The zero-order chi connectivity index (χ0) is 17.8. The molecular formula is C19H24N2O4. The van der Waals surface area contributed by atoms with E-state index in [1.54, 1.807) is 18.1 Å². The summed E-state index contributed by atoms with van der Waals surface area (Å²) < 4.78 is 16.3. The van der Waals surface area contributed by atoms with Gasteiger partial charge in [0.05, 0.1) is 6.61 Å². The Labute approximate surface area is 147 Å². The van der Waals surface area contributed by atoms with Crippen molar-refractivity contribution in [2.45, 2.75) is 26.9 Å². The summed E-state index contributed by atoms with van der Waals surface area (Å²) in [5.41, 5.74) is 2.47. The average molecular weight is 344 g/mol. The number of para-hydroxylation sites is 1. The summed E-state index contributed by atoms with van der Waals surface area (Å²) in [7, 11) is 1.69. The van der Waals surface area contributed by atoms with E-state index in [2.05, 4.69) is 5.16 Å². The lowest BCUT2D eigenvalue weighted by Gasteiger charge is -2.14. The highest BCUT2D eigenvalue weighted by molar-refractivity contribution is 5.92. The summed E-state index contributed by atoms with van der Waals surface area (Å²) in [5.74, 6) is 1.68. The minimum Gasteiger partial charge on any atom is -0.485 e. The van der Waals surface area contributed by atoms with E-state index in [0.29, 0.717) is 30.5 Å². The fraction of sp³-hybridized carbons (Fsp3) is 0.474. The summed E-state index contributed by atoms with van der Waals surface area (Å²) in [6.07, 6.45) is 0.958. The van der Waals surface area contributed by atoms with Crippen LogP contribution in [0, 0.1) is 19.8 Å². The monoisotopic (exact) mass is 344 g/mol. The maximum Gasteiger partial charge on any atom is 0.276 e. The van der Waals surface area contributed by atoms with Crippen molar-refractivity contribution in [2.24, 2.45) is 5.92 Å². The van der Waals surface area contributed by atoms with E-state index in [9.17, 15) is 4.79 Å². The van der Waals surface area contributed by atoms with Crippen molar-refractivity contribution in [2.75, 3.05) is 26.8 Å². The lowest BCUT2D eigenvalue weighted by molar-refractivity contribution is 0.0765. The number of aryl methyl sites for hydroxylation is 2. The fourth-order valence-corrected chi connectivity index (χ4v) is 3.20. The number of hydrogen-bond acceptors (Lipinski definition) is 5. The average Bonchev–Trinajstić information content (AvgIpc) is 3.24. The second kappa shape index (κ2) is 7.70. The summed E-state index contributed by atoms with van der Waals surface area (Å²) in [6, 6.07) is 7.66. The van der Waals surface area contributed by atoms with Gasteiger partial charge in [0, 0.05) is 32.2 Å². The van der Waals surface area contributed by atoms with Crippen LogP contribution >= 0.6 is 0 Å². The molecule has 0 unspecified atom stereocenters. The largest absolute Gasteiger partial charge is 0.485 e. The van der Waals surface area contributed by atoms with Crippen LogP contribution in [0.2, 0.25) is 0 Å². The Kier molecular flexibility index (Phi) is 5.38. The number of carbonyl (C=O) groups excluding carboxylic acids is 1. The number of carbonyl (C=O) groups is 1. The van der Waals surface area contributed by atoms with Crippen LogP contribution in [0.15, 0.2) is 28.8 Å². The second-order valence-corrected chi connectivity index (χ2v) is 6.55. The SMILES string of the molecule is COC[C@H]1CCN(C(=O)c2cc(COc3c(C)cccc3C)on2)C1. The first-order chi connectivity index (χ1) is 12.1. The van der Waals surface area contributed by atoms with Gasteiger partial charge in [0.2, 0.25) is 0 Å². The molecule has 1 aliphatic heterocycles. The van der Waals surface area contributed by atoms with Crippen molar-refractivity contribution in [3.05, 3.63) is 46.8 Å². The number of ether oxygens (including phenoxy) is 2. The Bertz CT molecular complexity index is 721. The molecular weight excluding hydrogens is 320 g/mol. The molecule has 1 aromatic heterocycles. The Morgan fingerprint density at radius 1 is 1.36 bits per heavy atom. The van der Waals surface area contributed by atoms with E-state index in [-0.39, 0.29) is 12.5 Å². The van der Waals surface area contributed by atoms with Gasteiger partial charge in [-0.2, -0.15) is 0 Å². The van der Waals surface area contributed by atoms with Crippen molar-refractivity contribution in [1.82, 2.24) is 10.1 Å². The van der Waals surface area contributed by atoms with E-state index in [4.69, 9.17) is 14.0 Å². The molecule has 1 aliphatic rings. The number of benzene rings is 1. The highest BCUT2D eigenvalue weighted by Crippen LogP contribution is 2.24. The van der Waals surface area contributed by atoms with Gasteiger partial charge in [0.15, 0.2) is 11.5 Å². The smallest absolute Gasteiger partial charge is 0.276 e. The van der Waals surface area contributed by atoms with Gasteiger partial charge in [-0.1, -0.05) is 23.4 Å². The fourth-order valence-electron chi connectivity index (χ4n) is 3.20. The quantitative estimate of drug-likeness (QED) is 0.806. The zero-order valence-corrected chi connectivity index (χ0v) is 14.9. The molecule has 1 fully saturated rings. The Balaban J connectivity index is 1.60. The van der Waals surface area contributed by atoms with Crippen LogP contribution in [-0.4, -0.2) is 42.8 Å². The topological polar surface area (TPSA) is 64.8 Å². The molecule has 25 heavy (non-hydrogen) atoms. The van der Waals surface area contributed by atoms with Gasteiger partial charge in [-0.15, -0.1) is 0 Å². The third-order valence-electron chi connectivity index (χ3n) is 4.52. The molecule has 6 heteroatoms. The maximum atomic E-state index is 12.5. The molecule has 6 nitrogen and oxygen atoms in total. The number of nitrogens with zero attached hydrogens (tertiary/aromatic N) is 2. The number of aromatic nitrogens is 1. The molecule has 2 aromatic rings.